The van der Waals surface area contributed by atoms with Crippen molar-refractivity contribution < 1.29 is 27.9 Å². The highest BCUT2D eigenvalue weighted by Crippen LogP contribution is 2.40. The largest absolute Gasteiger partial charge is 0.480 e. The van der Waals surface area contributed by atoms with Crippen LogP contribution in [0.3, 0.4) is 0 Å². The maximum atomic E-state index is 12.9. The quantitative estimate of drug-likeness (QED) is 0.738. The van der Waals surface area contributed by atoms with Crippen LogP contribution in [0.1, 0.15) is 31.2 Å². The van der Waals surface area contributed by atoms with Crippen LogP contribution in [0.2, 0.25) is 0 Å². The molecule has 1 heterocycles. The molecule has 5 nitrogen and oxygen atoms in total. The lowest BCUT2D eigenvalue weighted by Gasteiger charge is -2.30. The Morgan fingerprint density at radius 2 is 2.00 bits per heavy atom. The highest BCUT2D eigenvalue weighted by molar-refractivity contribution is 5.87. The molecule has 1 saturated carbocycles. The molecule has 8 heteroatoms. The minimum Gasteiger partial charge on any atom is -0.480 e. The van der Waals surface area contributed by atoms with Crippen molar-refractivity contribution >= 4 is 22.8 Å². The van der Waals surface area contributed by atoms with E-state index in [1.807, 2.05) is 24.3 Å². The minimum absolute atomic E-state index is 0.0188. The Morgan fingerprint density at radius 1 is 1.26 bits per heavy atom. The lowest BCUT2D eigenvalue weighted by atomic mass is 9.80. The van der Waals surface area contributed by atoms with E-state index in [0.717, 1.165) is 16.5 Å². The zero-order valence-corrected chi connectivity index (χ0v) is 14.6. The zero-order chi connectivity index (χ0) is 19.6. The fourth-order valence-electron chi connectivity index (χ4n) is 3.74. The van der Waals surface area contributed by atoms with Crippen LogP contribution < -0.4 is 5.32 Å². The van der Waals surface area contributed by atoms with Gasteiger partial charge in [-0.25, -0.2) is 4.79 Å². The molecule has 0 saturated heterocycles. The third-order valence-corrected chi connectivity index (χ3v) is 5.22. The maximum Gasteiger partial charge on any atom is 0.391 e. The Labute approximate surface area is 153 Å². The highest BCUT2D eigenvalue weighted by Gasteiger charge is 2.43. The highest BCUT2D eigenvalue weighted by atomic mass is 19.4. The van der Waals surface area contributed by atoms with Crippen LogP contribution in [0, 0.1) is 11.8 Å². The van der Waals surface area contributed by atoms with Crippen molar-refractivity contribution in [2.45, 2.75) is 44.3 Å². The summed E-state index contributed by atoms with van der Waals surface area (Å²) in [5, 5.41) is 12.8. The first-order valence-corrected chi connectivity index (χ1v) is 8.90. The molecule has 27 heavy (non-hydrogen) atoms. The third-order valence-electron chi connectivity index (χ3n) is 5.22. The van der Waals surface area contributed by atoms with Gasteiger partial charge in [-0.1, -0.05) is 24.6 Å². The van der Waals surface area contributed by atoms with E-state index in [1.165, 1.54) is 0 Å². The first kappa shape index (κ1) is 19.3. The van der Waals surface area contributed by atoms with Crippen LogP contribution in [-0.4, -0.2) is 34.2 Å². The number of alkyl halides is 3. The molecular formula is C19H21F3N2O3. The van der Waals surface area contributed by atoms with Gasteiger partial charge in [-0.05, 0) is 30.9 Å². The molecular weight excluding hydrogens is 361 g/mol. The number of halogens is 3. The number of carbonyl (C=O) groups is 2. The number of nitrogens with one attached hydrogen (secondary N) is 2. The number of carboxylic acids is 1. The average molecular weight is 382 g/mol. The molecule has 2 aromatic rings. The standard InChI is InChI=1S/C19H21F3N2O3/c20-19(21,22)13-5-3-4-11(8-13)17(25)24-16(18(26)27)9-12-10-23-15-7-2-1-6-14(12)15/h1-2,6-7,10-11,13,16,23H,3-5,8-9H2,(H,24,25)(H,26,27). The van der Waals surface area contributed by atoms with E-state index in [2.05, 4.69) is 10.3 Å². The van der Waals surface area contributed by atoms with Gasteiger partial charge in [0.25, 0.3) is 0 Å². The van der Waals surface area contributed by atoms with Gasteiger partial charge in [0.15, 0.2) is 0 Å². The van der Waals surface area contributed by atoms with Gasteiger partial charge in [0.1, 0.15) is 6.04 Å². The summed E-state index contributed by atoms with van der Waals surface area (Å²) in [6.07, 6.45) is -2.19. The van der Waals surface area contributed by atoms with Gasteiger partial charge in [0.2, 0.25) is 5.91 Å². The number of aromatic amines is 1. The first-order valence-electron chi connectivity index (χ1n) is 8.90. The number of hydrogen-bond donors (Lipinski definition) is 3. The van der Waals surface area contributed by atoms with Crippen LogP contribution >= 0.6 is 0 Å². The summed E-state index contributed by atoms with van der Waals surface area (Å²) in [5.74, 6) is -4.14. The number of carboxylic acid groups (broad SMARTS) is 1. The number of benzene rings is 1. The molecule has 3 unspecified atom stereocenters. The molecule has 0 aliphatic heterocycles. The molecule has 3 rings (SSSR count). The fourth-order valence-corrected chi connectivity index (χ4v) is 3.74. The van der Waals surface area contributed by atoms with Crippen LogP contribution in [0.25, 0.3) is 10.9 Å². The molecule has 0 radical (unpaired) electrons. The summed E-state index contributed by atoms with van der Waals surface area (Å²) in [7, 11) is 0. The number of carbonyl (C=O) groups excluding carboxylic acids is 1. The normalized spacial score (nSPS) is 21.7. The second kappa shape index (κ2) is 7.62. The van der Waals surface area contributed by atoms with E-state index < -0.39 is 35.9 Å². The van der Waals surface area contributed by atoms with Crippen molar-refractivity contribution in [1.29, 1.82) is 0 Å². The van der Waals surface area contributed by atoms with Crippen LogP contribution in [0.15, 0.2) is 30.5 Å². The van der Waals surface area contributed by atoms with E-state index in [9.17, 15) is 27.9 Å². The van der Waals surface area contributed by atoms with Gasteiger partial charge < -0.3 is 15.4 Å². The molecule has 146 valence electrons. The smallest absolute Gasteiger partial charge is 0.391 e. The molecule has 1 aliphatic rings. The number of aromatic nitrogens is 1. The van der Waals surface area contributed by atoms with E-state index in [-0.39, 0.29) is 19.3 Å². The third kappa shape index (κ3) is 4.43. The number of amides is 1. The molecule has 1 fully saturated rings. The Hall–Kier alpha value is -2.51. The van der Waals surface area contributed by atoms with Crippen LogP contribution in [-0.2, 0) is 16.0 Å². The average Bonchev–Trinajstić information content (AvgIpc) is 3.03. The molecule has 3 atom stereocenters. The second-order valence-corrected chi connectivity index (χ2v) is 7.07. The molecule has 1 aromatic heterocycles. The monoisotopic (exact) mass is 382 g/mol. The Kier molecular flexibility index (Phi) is 5.43. The number of rotatable bonds is 5. The first-order chi connectivity index (χ1) is 12.8. The van der Waals surface area contributed by atoms with Crippen molar-refractivity contribution in [3.63, 3.8) is 0 Å². The van der Waals surface area contributed by atoms with E-state index in [1.54, 1.807) is 6.20 Å². The second-order valence-electron chi connectivity index (χ2n) is 7.07. The minimum atomic E-state index is -4.32. The predicted octanol–water partition coefficient (Wildman–Crippen LogP) is 3.65. The number of para-hydroxylation sites is 1. The number of aliphatic carboxylic acids is 1. The van der Waals surface area contributed by atoms with E-state index in [0.29, 0.717) is 12.8 Å². The number of hydrogen-bond acceptors (Lipinski definition) is 2. The topological polar surface area (TPSA) is 82.2 Å². The summed E-state index contributed by atoms with van der Waals surface area (Å²) in [6, 6.07) is 6.18. The molecule has 1 amide bonds. The van der Waals surface area contributed by atoms with Gasteiger partial charge in [-0.3, -0.25) is 4.79 Å². The van der Waals surface area contributed by atoms with Gasteiger partial charge >= 0.3 is 12.1 Å². The Balaban J connectivity index is 1.69. The van der Waals surface area contributed by atoms with Crippen molar-refractivity contribution in [1.82, 2.24) is 10.3 Å². The van der Waals surface area contributed by atoms with Gasteiger partial charge in [0.05, 0.1) is 5.92 Å². The summed E-state index contributed by atoms with van der Waals surface area (Å²) < 4.78 is 38.8. The Bertz CT molecular complexity index is 831. The fraction of sp³-hybridized carbons (Fsp3) is 0.474. The molecule has 1 aromatic carbocycles. The summed E-state index contributed by atoms with van der Waals surface area (Å²) in [4.78, 5) is 27.1. The Morgan fingerprint density at radius 3 is 2.70 bits per heavy atom. The van der Waals surface area contributed by atoms with E-state index >= 15 is 0 Å². The molecule has 3 N–H and O–H groups in total. The van der Waals surface area contributed by atoms with Crippen molar-refractivity contribution in [3.8, 4) is 0 Å². The molecule has 0 bridgehead atoms. The number of fused-ring (bicyclic) bond motifs is 1. The van der Waals surface area contributed by atoms with Crippen molar-refractivity contribution in [3.05, 3.63) is 36.0 Å². The van der Waals surface area contributed by atoms with Gasteiger partial charge in [0, 0.05) is 29.4 Å². The lowest BCUT2D eigenvalue weighted by molar-refractivity contribution is -0.186. The zero-order valence-electron chi connectivity index (χ0n) is 14.6. The SMILES string of the molecule is O=C(NC(Cc1c[nH]c2ccccc12)C(=O)O)C1CCCC(C(F)(F)F)C1. The summed E-state index contributed by atoms with van der Waals surface area (Å²) in [5.41, 5.74) is 1.58. The summed E-state index contributed by atoms with van der Waals surface area (Å²) >= 11 is 0. The predicted molar refractivity (Wildman–Crippen MR) is 93.1 cm³/mol. The van der Waals surface area contributed by atoms with Crippen LogP contribution in [0.4, 0.5) is 13.2 Å². The van der Waals surface area contributed by atoms with Gasteiger partial charge in [-0.15, -0.1) is 0 Å². The number of H-pyrrole nitrogens is 1. The lowest BCUT2D eigenvalue weighted by Crippen LogP contribution is -2.46. The van der Waals surface area contributed by atoms with Crippen molar-refractivity contribution in [2.75, 3.05) is 0 Å². The molecule has 0 spiro atoms. The maximum absolute atomic E-state index is 12.9. The van der Waals surface area contributed by atoms with Crippen molar-refractivity contribution in [2.24, 2.45) is 11.8 Å². The molecule has 1 aliphatic carbocycles. The summed E-state index contributed by atoms with van der Waals surface area (Å²) in [6.45, 7) is 0. The van der Waals surface area contributed by atoms with Gasteiger partial charge in [-0.2, -0.15) is 13.2 Å². The van der Waals surface area contributed by atoms with Crippen LogP contribution in [0.5, 0.6) is 0 Å². The van der Waals surface area contributed by atoms with E-state index in [4.69, 9.17) is 0 Å².